The normalized spacial score (nSPS) is 12.1. The van der Waals surface area contributed by atoms with E-state index < -0.39 is 73.3 Å². The highest BCUT2D eigenvalue weighted by atomic mass is 19.1. The zero-order chi connectivity index (χ0) is 34.2. The number of nitrogens with zero attached hydrogens (tertiary/aromatic N) is 10. The lowest BCUT2D eigenvalue weighted by Crippen LogP contribution is -2.00. The third kappa shape index (κ3) is 4.23. The summed E-state index contributed by atoms with van der Waals surface area (Å²) in [5, 5.41) is 89.0. The van der Waals surface area contributed by atoms with Crippen LogP contribution in [-0.4, -0.2) is 4.98 Å². The summed E-state index contributed by atoms with van der Waals surface area (Å²) in [6, 6.07) is 19.7. The van der Waals surface area contributed by atoms with Gasteiger partial charge in [0.05, 0.1) is 22.3 Å². The standard InChI is InChI=1S/C34H5F3N10/c35-26-5-20(27(36)3-15(26)6-38)33-25(14-46)31-22(29(33)17(9-41)10-42)4-21-28(16(7-39)8-40)32(24(13-45)30(21)23(31)12-44)19-2-1-18(11-43)47-34(19)37/h1-5H. The lowest BCUT2D eigenvalue weighted by molar-refractivity contribution is 0.579. The summed E-state index contributed by atoms with van der Waals surface area (Å²) in [6.07, 6.45) is 0. The Morgan fingerprint density at radius 3 is 1.49 bits per heavy atom. The Kier molecular flexibility index (Phi) is 7.36. The molecule has 2 aromatic carbocycles. The minimum Gasteiger partial charge on any atom is -0.208 e. The Morgan fingerprint density at radius 1 is 0.532 bits per heavy atom. The van der Waals surface area contributed by atoms with Crippen molar-refractivity contribution < 1.29 is 13.2 Å². The third-order valence-corrected chi connectivity index (χ3v) is 7.33. The van der Waals surface area contributed by atoms with Crippen molar-refractivity contribution >= 4 is 33.4 Å². The molecule has 0 atom stereocenters. The minimum absolute atomic E-state index is 0.188. The van der Waals surface area contributed by atoms with Crippen LogP contribution in [0.25, 0.3) is 33.4 Å². The molecule has 2 aliphatic carbocycles. The molecule has 0 fully saturated rings. The van der Waals surface area contributed by atoms with Crippen LogP contribution in [0.5, 0.6) is 0 Å². The minimum atomic E-state index is -1.26. The molecule has 1 heterocycles. The van der Waals surface area contributed by atoms with Gasteiger partial charge in [-0.25, -0.2) is 13.8 Å². The van der Waals surface area contributed by atoms with Crippen LogP contribution in [0.4, 0.5) is 13.2 Å². The van der Waals surface area contributed by atoms with Crippen LogP contribution in [0.15, 0.2) is 41.5 Å². The summed E-state index contributed by atoms with van der Waals surface area (Å²) in [6.45, 7) is 0. The number of hydrogen-bond donors (Lipinski definition) is 0. The molecule has 0 aliphatic heterocycles. The Bertz CT molecular complexity index is 2560. The van der Waals surface area contributed by atoms with Gasteiger partial charge in [-0.2, -0.15) is 51.7 Å². The Morgan fingerprint density at radius 2 is 1.06 bits per heavy atom. The largest absolute Gasteiger partial charge is 0.222 e. The van der Waals surface area contributed by atoms with Gasteiger partial charge in [-0.05, 0) is 41.5 Å². The van der Waals surface area contributed by atoms with E-state index in [0.29, 0.717) is 12.1 Å². The fraction of sp³-hybridized carbons (Fsp3) is 0. The molecular formula is C34H5F3N10. The van der Waals surface area contributed by atoms with Crippen molar-refractivity contribution in [3.8, 4) is 54.6 Å². The molecule has 0 bridgehead atoms. The molecular weight excluding hydrogens is 605 g/mol. The van der Waals surface area contributed by atoms with E-state index in [0.717, 1.165) is 18.2 Å². The summed E-state index contributed by atoms with van der Waals surface area (Å²) < 4.78 is 45.6. The lowest BCUT2D eigenvalue weighted by atomic mass is 9.87. The van der Waals surface area contributed by atoms with Crippen LogP contribution in [0.2, 0.25) is 0 Å². The van der Waals surface area contributed by atoms with E-state index in [1.807, 2.05) is 12.1 Å². The molecule has 0 saturated carbocycles. The number of aromatic nitrogens is 1. The van der Waals surface area contributed by atoms with Crippen molar-refractivity contribution in [2.24, 2.45) is 0 Å². The van der Waals surface area contributed by atoms with Crippen molar-refractivity contribution in [2.45, 2.75) is 0 Å². The number of fused-ring (bicyclic) bond motifs is 2. The van der Waals surface area contributed by atoms with Gasteiger partial charge in [0, 0.05) is 44.5 Å². The average molecular weight is 610 g/mol. The maximum Gasteiger partial charge on any atom is 0.222 e. The van der Waals surface area contributed by atoms with E-state index in [4.69, 9.17) is 10.5 Å². The van der Waals surface area contributed by atoms with Crippen molar-refractivity contribution in [1.29, 1.82) is 47.4 Å². The zero-order valence-corrected chi connectivity index (χ0v) is 23.0. The predicted molar refractivity (Wildman–Crippen MR) is 152 cm³/mol. The van der Waals surface area contributed by atoms with E-state index in [1.54, 1.807) is 36.4 Å². The highest BCUT2D eigenvalue weighted by molar-refractivity contribution is 6.31. The van der Waals surface area contributed by atoms with E-state index in [-0.39, 0.29) is 39.1 Å². The van der Waals surface area contributed by atoms with Crippen LogP contribution < -0.4 is 0 Å². The number of pyridine rings is 1. The maximum atomic E-state index is 15.5. The molecule has 0 radical (unpaired) electrons. The first kappa shape index (κ1) is 30.2. The van der Waals surface area contributed by atoms with Crippen LogP contribution in [0, 0.1) is 120 Å². The fourth-order valence-electron chi connectivity index (χ4n) is 5.54. The first-order valence-electron chi connectivity index (χ1n) is 12.7. The van der Waals surface area contributed by atoms with Crippen molar-refractivity contribution in [1.82, 2.24) is 4.98 Å². The maximum absolute atomic E-state index is 15.5. The van der Waals surface area contributed by atoms with Crippen LogP contribution >= 0.6 is 0 Å². The second-order valence-corrected chi connectivity index (χ2v) is 9.45. The summed E-state index contributed by atoms with van der Waals surface area (Å²) in [5.74, 6) is -3.66. The van der Waals surface area contributed by atoms with Crippen LogP contribution in [0.1, 0.15) is 50.2 Å². The van der Waals surface area contributed by atoms with Crippen molar-refractivity contribution in [3.05, 3.63) is 109 Å². The number of halogens is 3. The first-order chi connectivity index (χ1) is 22.7. The SMILES string of the molecule is N#CC(C#N)=C1C(c2cc(F)c(C#N)cc2F)=C(C#N)c2c1cc1c(c2C#N)C(C#N)=C(c2ccc(C#N)nc2F)C1=C(C#N)C#N. The molecule has 0 spiro atoms. The number of nitriles is 9. The molecule has 2 aliphatic rings. The molecule has 0 amide bonds. The lowest BCUT2D eigenvalue weighted by Gasteiger charge is -2.13. The molecule has 0 saturated heterocycles. The molecule has 3 aromatic rings. The highest BCUT2D eigenvalue weighted by Gasteiger charge is 2.41. The van der Waals surface area contributed by atoms with E-state index in [1.165, 1.54) is 6.07 Å². The van der Waals surface area contributed by atoms with Gasteiger partial charge in [-0.3, -0.25) is 0 Å². The smallest absolute Gasteiger partial charge is 0.208 e. The van der Waals surface area contributed by atoms with E-state index in [9.17, 15) is 41.2 Å². The zero-order valence-electron chi connectivity index (χ0n) is 23.0. The summed E-state index contributed by atoms with van der Waals surface area (Å²) in [7, 11) is 0. The Balaban J connectivity index is 2.05. The summed E-state index contributed by atoms with van der Waals surface area (Å²) in [5.41, 5.74) is -7.39. The molecule has 13 heteroatoms. The average Bonchev–Trinajstić information content (AvgIpc) is 3.58. The molecule has 0 unspecified atom stereocenters. The Labute approximate surface area is 262 Å². The summed E-state index contributed by atoms with van der Waals surface area (Å²) >= 11 is 0. The predicted octanol–water partition coefficient (Wildman–Crippen LogP) is 5.61. The molecule has 10 nitrogen and oxygen atoms in total. The van der Waals surface area contributed by atoms with Gasteiger partial charge in [0.15, 0.2) is 0 Å². The third-order valence-electron chi connectivity index (χ3n) is 7.33. The van der Waals surface area contributed by atoms with E-state index >= 15 is 8.78 Å². The topological polar surface area (TPSA) is 227 Å². The van der Waals surface area contributed by atoms with Gasteiger partial charge in [-0.15, -0.1) is 0 Å². The molecule has 47 heavy (non-hydrogen) atoms. The second-order valence-electron chi connectivity index (χ2n) is 9.45. The quantitative estimate of drug-likeness (QED) is 0.257. The van der Waals surface area contributed by atoms with Gasteiger partial charge in [-0.1, -0.05) is 0 Å². The highest BCUT2D eigenvalue weighted by Crippen LogP contribution is 2.56. The van der Waals surface area contributed by atoms with Gasteiger partial charge >= 0.3 is 0 Å². The second kappa shape index (κ2) is 11.4. The summed E-state index contributed by atoms with van der Waals surface area (Å²) in [4.78, 5) is 3.53. The van der Waals surface area contributed by atoms with Gasteiger partial charge < -0.3 is 0 Å². The van der Waals surface area contributed by atoms with Crippen molar-refractivity contribution in [3.63, 3.8) is 0 Å². The van der Waals surface area contributed by atoms with Crippen molar-refractivity contribution in [2.75, 3.05) is 0 Å². The molecule has 1 aromatic heterocycles. The fourth-order valence-corrected chi connectivity index (χ4v) is 5.54. The first-order valence-corrected chi connectivity index (χ1v) is 12.7. The number of rotatable bonds is 2. The van der Waals surface area contributed by atoms with E-state index in [2.05, 4.69) is 4.98 Å². The van der Waals surface area contributed by atoms with Gasteiger partial charge in [0.2, 0.25) is 5.95 Å². The molecule has 0 N–H and O–H groups in total. The van der Waals surface area contributed by atoms with Gasteiger partial charge in [0.25, 0.3) is 0 Å². The van der Waals surface area contributed by atoms with Gasteiger partial charge in [0.1, 0.15) is 83.1 Å². The van der Waals surface area contributed by atoms with Crippen LogP contribution in [-0.2, 0) is 0 Å². The Hall–Kier alpha value is -8.25. The number of benzene rings is 2. The molecule has 5 rings (SSSR count). The van der Waals surface area contributed by atoms with Crippen LogP contribution in [0.3, 0.4) is 0 Å². The monoisotopic (exact) mass is 610 g/mol. The number of allylic oxidation sites excluding steroid dienone is 8. The number of hydrogen-bond acceptors (Lipinski definition) is 10. The molecule has 212 valence electrons.